The van der Waals surface area contributed by atoms with Gasteiger partial charge in [0.25, 0.3) is 0 Å². The van der Waals surface area contributed by atoms with Crippen molar-refractivity contribution in [2.24, 2.45) is 0 Å². The zero-order chi connectivity index (χ0) is 20.5. The average Bonchev–Trinajstić information content (AvgIpc) is 3.47. The van der Waals surface area contributed by atoms with E-state index in [1.165, 1.54) is 11.3 Å². The van der Waals surface area contributed by atoms with Crippen LogP contribution in [0.4, 0.5) is 5.13 Å². The number of nitrogens with zero attached hydrogens (tertiary/aromatic N) is 2. The van der Waals surface area contributed by atoms with Crippen molar-refractivity contribution in [1.29, 1.82) is 0 Å². The highest BCUT2D eigenvalue weighted by Crippen LogP contribution is 2.45. The molecule has 2 aromatic rings. The van der Waals surface area contributed by atoms with Gasteiger partial charge in [-0.1, -0.05) is 54.3 Å². The number of hydrogen-bond donors (Lipinski definition) is 1. The van der Waals surface area contributed by atoms with E-state index in [9.17, 15) is 9.00 Å². The number of rotatable bonds is 8. The smallest absolute Gasteiger partial charge is 0.183 e. The molecule has 3 rings (SSSR count). The number of allylic oxidation sites excluding steroid dienone is 3. The first-order chi connectivity index (χ1) is 13.5. The molecule has 1 aliphatic rings. The van der Waals surface area contributed by atoms with E-state index in [4.69, 9.17) is 11.6 Å². The molecule has 5 nitrogen and oxygen atoms in total. The molecule has 0 radical (unpaired) electrons. The van der Waals surface area contributed by atoms with Crippen LogP contribution in [0.25, 0.3) is 0 Å². The molecular formula is C20H22ClN3O2S2. The van der Waals surface area contributed by atoms with E-state index in [0.29, 0.717) is 22.4 Å². The molecule has 0 amide bonds. The molecule has 1 fully saturated rings. The number of thiazole rings is 1. The third-order valence-corrected chi connectivity index (χ3v) is 6.90. The summed E-state index contributed by atoms with van der Waals surface area (Å²) in [6.45, 7) is 7.34. The van der Waals surface area contributed by atoms with Gasteiger partial charge in [-0.2, -0.15) is 0 Å². The van der Waals surface area contributed by atoms with Crippen molar-refractivity contribution in [2.45, 2.75) is 23.0 Å². The summed E-state index contributed by atoms with van der Waals surface area (Å²) in [5.74, 6) is 0.817. The lowest BCUT2D eigenvalue weighted by Crippen LogP contribution is -2.02. The lowest BCUT2D eigenvalue weighted by Gasteiger charge is -2.05. The van der Waals surface area contributed by atoms with E-state index in [-0.39, 0.29) is 0 Å². The molecule has 0 spiro atoms. The zero-order valence-corrected chi connectivity index (χ0v) is 17.9. The maximum absolute atomic E-state index is 12.6. The van der Waals surface area contributed by atoms with Crippen LogP contribution < -0.4 is 5.32 Å². The van der Waals surface area contributed by atoms with Gasteiger partial charge in [0, 0.05) is 24.2 Å². The molecule has 8 heteroatoms. The Morgan fingerprint density at radius 3 is 2.68 bits per heavy atom. The second kappa shape index (κ2) is 11.0. The first-order valence-electron chi connectivity index (χ1n) is 8.59. The van der Waals surface area contributed by atoms with Crippen molar-refractivity contribution >= 4 is 45.2 Å². The lowest BCUT2D eigenvalue weighted by molar-refractivity contribution is 0.111. The summed E-state index contributed by atoms with van der Waals surface area (Å²) in [7, 11) is 0.671. The largest absolute Gasteiger partial charge is 0.365 e. The quantitative estimate of drug-likeness (QED) is 0.470. The van der Waals surface area contributed by atoms with Gasteiger partial charge in [0.05, 0.1) is 22.2 Å². The molecule has 1 unspecified atom stereocenters. The fourth-order valence-electron chi connectivity index (χ4n) is 2.21. The van der Waals surface area contributed by atoms with Crippen LogP contribution in [0, 0.1) is 0 Å². The highest BCUT2D eigenvalue weighted by atomic mass is 35.5. The number of carbonyl (C=O) groups excluding carboxylic acids is 1. The molecule has 2 aromatic heterocycles. The fraction of sp³-hybridized carbons (Fsp3) is 0.250. The van der Waals surface area contributed by atoms with Crippen molar-refractivity contribution < 1.29 is 9.00 Å². The van der Waals surface area contributed by atoms with Crippen LogP contribution in [0.2, 0.25) is 0 Å². The van der Waals surface area contributed by atoms with Crippen molar-refractivity contribution in [1.82, 2.24) is 9.97 Å². The van der Waals surface area contributed by atoms with Gasteiger partial charge in [0.2, 0.25) is 0 Å². The van der Waals surface area contributed by atoms with Crippen molar-refractivity contribution in [2.75, 3.05) is 18.1 Å². The molecule has 28 heavy (non-hydrogen) atoms. The summed E-state index contributed by atoms with van der Waals surface area (Å²) in [6.07, 6.45) is 7.96. The topological polar surface area (TPSA) is 72.0 Å². The SMILES string of the molecule is C=C/C=C(/CS(=O)c1sc(NC)nc1C1CC1)C(=C)Cl.O=Cc1ccccn1. The molecule has 1 aliphatic carbocycles. The summed E-state index contributed by atoms with van der Waals surface area (Å²) < 4.78 is 13.4. The van der Waals surface area contributed by atoms with E-state index < -0.39 is 10.8 Å². The summed E-state index contributed by atoms with van der Waals surface area (Å²) in [5, 5.41) is 4.25. The Morgan fingerprint density at radius 2 is 2.21 bits per heavy atom. The molecule has 1 saturated carbocycles. The summed E-state index contributed by atoms with van der Waals surface area (Å²) in [6, 6.07) is 5.21. The van der Waals surface area contributed by atoms with Crippen molar-refractivity contribution in [3.05, 3.63) is 71.7 Å². The first-order valence-corrected chi connectivity index (χ1v) is 11.1. The van der Waals surface area contributed by atoms with E-state index in [2.05, 4.69) is 28.4 Å². The van der Waals surface area contributed by atoms with Gasteiger partial charge in [0.15, 0.2) is 11.4 Å². The summed E-state index contributed by atoms with van der Waals surface area (Å²) >= 11 is 7.39. The predicted molar refractivity (Wildman–Crippen MR) is 118 cm³/mol. The lowest BCUT2D eigenvalue weighted by atomic mass is 10.3. The zero-order valence-electron chi connectivity index (χ0n) is 15.6. The normalized spacial score (nSPS) is 14.4. The number of halogens is 1. The number of pyridine rings is 1. The van der Waals surface area contributed by atoms with Gasteiger partial charge in [-0.3, -0.25) is 14.0 Å². The Bertz CT molecular complexity index is 890. The minimum absolute atomic E-state index is 0.347. The van der Waals surface area contributed by atoms with Gasteiger partial charge in [0.1, 0.15) is 9.90 Å². The maximum Gasteiger partial charge on any atom is 0.183 e. The average molecular weight is 436 g/mol. The van der Waals surface area contributed by atoms with Crippen LogP contribution >= 0.6 is 22.9 Å². The minimum atomic E-state index is -1.15. The maximum atomic E-state index is 12.6. The Labute approximate surface area is 176 Å². The molecule has 0 aliphatic heterocycles. The van der Waals surface area contributed by atoms with Crippen LogP contribution in [0.3, 0.4) is 0 Å². The molecule has 148 valence electrons. The Hall–Kier alpha value is -2.09. The van der Waals surface area contributed by atoms with Crippen LogP contribution in [0.1, 0.15) is 34.9 Å². The second-order valence-electron chi connectivity index (χ2n) is 5.91. The molecule has 1 N–H and O–H groups in total. The van der Waals surface area contributed by atoms with Gasteiger partial charge < -0.3 is 5.32 Å². The van der Waals surface area contributed by atoms with Gasteiger partial charge >= 0.3 is 0 Å². The second-order valence-corrected chi connectivity index (χ2v) is 9.01. The molecule has 0 aromatic carbocycles. The Balaban J connectivity index is 0.000000292. The molecule has 2 heterocycles. The Morgan fingerprint density at radius 1 is 1.46 bits per heavy atom. The molecule has 0 saturated heterocycles. The number of carbonyl (C=O) groups is 1. The fourth-order valence-corrected chi connectivity index (χ4v) is 5.08. The van der Waals surface area contributed by atoms with Crippen LogP contribution in [-0.4, -0.2) is 33.3 Å². The molecular weight excluding hydrogens is 414 g/mol. The molecule has 1 atom stereocenters. The van der Waals surface area contributed by atoms with Crippen molar-refractivity contribution in [3.8, 4) is 0 Å². The van der Waals surface area contributed by atoms with Gasteiger partial charge in [-0.15, -0.1) is 0 Å². The van der Waals surface area contributed by atoms with E-state index in [1.807, 2.05) is 7.05 Å². The number of nitrogens with one attached hydrogen (secondary N) is 1. The monoisotopic (exact) mass is 435 g/mol. The van der Waals surface area contributed by atoms with Crippen molar-refractivity contribution in [3.63, 3.8) is 0 Å². The molecule has 0 bridgehead atoms. The minimum Gasteiger partial charge on any atom is -0.365 e. The van der Waals surface area contributed by atoms with Crippen LogP contribution in [0.15, 0.2) is 64.5 Å². The van der Waals surface area contributed by atoms with E-state index >= 15 is 0 Å². The van der Waals surface area contributed by atoms with E-state index in [1.54, 1.807) is 36.5 Å². The third kappa shape index (κ3) is 6.51. The number of hydrogen-bond acceptors (Lipinski definition) is 6. The number of aromatic nitrogens is 2. The van der Waals surface area contributed by atoms with E-state index in [0.717, 1.165) is 39.7 Å². The first kappa shape index (κ1) is 22.2. The summed E-state index contributed by atoms with van der Waals surface area (Å²) in [5.41, 5.74) is 2.21. The predicted octanol–water partition coefficient (Wildman–Crippen LogP) is 4.93. The van der Waals surface area contributed by atoms with Crippen LogP contribution in [0.5, 0.6) is 0 Å². The third-order valence-electron chi connectivity index (χ3n) is 3.77. The number of anilines is 1. The van der Waals surface area contributed by atoms with Crippen LogP contribution in [-0.2, 0) is 10.8 Å². The Kier molecular flexibility index (Phi) is 8.76. The standard InChI is InChI=1S/C14H17ClN2OS2.C6H5NO/c1-4-5-11(9(2)15)8-20(18)13-12(10-6-7-10)17-14(16-3)19-13;8-5-6-3-1-2-4-7-6/h4-5,10H,1-2,6-8H2,3H3,(H,16,17);1-5H/b11-5-;. The van der Waals surface area contributed by atoms with Gasteiger partial charge in [-0.25, -0.2) is 4.98 Å². The highest BCUT2D eigenvalue weighted by molar-refractivity contribution is 7.87. The highest BCUT2D eigenvalue weighted by Gasteiger charge is 2.31. The summed E-state index contributed by atoms with van der Waals surface area (Å²) in [4.78, 5) is 18.2. The van der Waals surface area contributed by atoms with Gasteiger partial charge in [-0.05, 0) is 30.5 Å². The number of aldehydes is 1.